The fourth-order valence-corrected chi connectivity index (χ4v) is 1.40. The van der Waals surface area contributed by atoms with Gasteiger partial charge in [-0.15, -0.1) is 0 Å². The van der Waals surface area contributed by atoms with Crippen molar-refractivity contribution in [2.24, 2.45) is 0 Å². The van der Waals surface area contributed by atoms with Crippen LogP contribution in [0.2, 0.25) is 0 Å². The van der Waals surface area contributed by atoms with E-state index in [9.17, 15) is 4.79 Å². The molecule has 15 heavy (non-hydrogen) atoms. The van der Waals surface area contributed by atoms with Crippen LogP contribution >= 0.6 is 0 Å². The summed E-state index contributed by atoms with van der Waals surface area (Å²) in [6, 6.07) is 0.0701. The number of nitrogens with one attached hydrogen (secondary N) is 1. The number of ether oxygens (including phenoxy) is 1. The van der Waals surface area contributed by atoms with E-state index in [1.165, 1.54) is 12.4 Å². The highest BCUT2D eigenvalue weighted by molar-refractivity contribution is 5.92. The van der Waals surface area contributed by atoms with Crippen molar-refractivity contribution in [2.75, 3.05) is 18.9 Å². The molecule has 1 aromatic rings. The standard InChI is InChI=1S/C9H12N4O2/c10-8-4-11-3-7(13-8)9(14)12-6-1-2-15-5-6/h3-4,6H,1-2,5H2,(H2,10,13)(H,12,14). The van der Waals surface area contributed by atoms with Crippen LogP contribution in [0.25, 0.3) is 0 Å². The second kappa shape index (κ2) is 4.22. The van der Waals surface area contributed by atoms with Gasteiger partial charge in [0.25, 0.3) is 5.91 Å². The zero-order chi connectivity index (χ0) is 10.7. The number of hydrogen-bond acceptors (Lipinski definition) is 5. The second-order valence-electron chi connectivity index (χ2n) is 3.36. The maximum atomic E-state index is 11.6. The number of amides is 1. The van der Waals surface area contributed by atoms with E-state index in [0.717, 1.165) is 6.42 Å². The molecule has 0 spiro atoms. The number of aromatic nitrogens is 2. The van der Waals surface area contributed by atoms with Gasteiger partial charge in [0.1, 0.15) is 11.5 Å². The fourth-order valence-electron chi connectivity index (χ4n) is 1.40. The van der Waals surface area contributed by atoms with Crippen LogP contribution in [0.1, 0.15) is 16.9 Å². The van der Waals surface area contributed by atoms with Gasteiger partial charge in [0.15, 0.2) is 0 Å². The van der Waals surface area contributed by atoms with Gasteiger partial charge in [0.2, 0.25) is 0 Å². The summed E-state index contributed by atoms with van der Waals surface area (Å²) < 4.78 is 5.14. The normalized spacial score (nSPS) is 20.1. The summed E-state index contributed by atoms with van der Waals surface area (Å²) in [5.74, 6) is -0.0179. The van der Waals surface area contributed by atoms with E-state index in [1.807, 2.05) is 0 Å². The molecule has 6 nitrogen and oxygen atoms in total. The average Bonchev–Trinajstić information content (AvgIpc) is 2.70. The summed E-state index contributed by atoms with van der Waals surface area (Å²) in [6.07, 6.45) is 3.62. The molecule has 0 aromatic carbocycles. The lowest BCUT2D eigenvalue weighted by Gasteiger charge is -2.09. The molecule has 2 heterocycles. The Kier molecular flexibility index (Phi) is 2.77. The van der Waals surface area contributed by atoms with Crippen LogP contribution in [-0.2, 0) is 4.74 Å². The lowest BCUT2D eigenvalue weighted by Crippen LogP contribution is -2.35. The van der Waals surface area contributed by atoms with Crippen molar-refractivity contribution in [3.63, 3.8) is 0 Å². The number of nitrogens with zero attached hydrogens (tertiary/aromatic N) is 2. The molecule has 1 saturated heterocycles. The Labute approximate surface area is 86.9 Å². The van der Waals surface area contributed by atoms with Crippen LogP contribution < -0.4 is 11.1 Å². The Hall–Kier alpha value is -1.69. The predicted octanol–water partition coefficient (Wildman–Crippen LogP) is -0.423. The molecule has 2 rings (SSSR count). The molecule has 3 N–H and O–H groups in total. The molecular formula is C9H12N4O2. The van der Waals surface area contributed by atoms with Gasteiger partial charge in [0.05, 0.1) is 25.0 Å². The SMILES string of the molecule is Nc1cncc(C(=O)NC2CCOC2)n1. The van der Waals surface area contributed by atoms with E-state index in [4.69, 9.17) is 10.5 Å². The highest BCUT2D eigenvalue weighted by atomic mass is 16.5. The summed E-state index contributed by atoms with van der Waals surface area (Å²) in [5.41, 5.74) is 5.66. The topological polar surface area (TPSA) is 90.1 Å². The monoisotopic (exact) mass is 208 g/mol. The Morgan fingerprint density at radius 1 is 1.60 bits per heavy atom. The number of hydrogen-bond donors (Lipinski definition) is 2. The fraction of sp³-hybridized carbons (Fsp3) is 0.444. The number of rotatable bonds is 2. The third-order valence-corrected chi connectivity index (χ3v) is 2.15. The minimum Gasteiger partial charge on any atom is -0.382 e. The zero-order valence-corrected chi connectivity index (χ0v) is 8.14. The van der Waals surface area contributed by atoms with Crippen molar-refractivity contribution in [1.29, 1.82) is 0 Å². The summed E-state index contributed by atoms with van der Waals surface area (Å²) in [7, 11) is 0. The Morgan fingerprint density at radius 3 is 3.13 bits per heavy atom. The lowest BCUT2D eigenvalue weighted by atomic mass is 10.2. The number of nitrogens with two attached hydrogens (primary N) is 1. The molecular weight excluding hydrogens is 196 g/mol. The molecule has 0 radical (unpaired) electrons. The molecule has 0 bridgehead atoms. The van der Waals surface area contributed by atoms with Crippen molar-refractivity contribution in [2.45, 2.75) is 12.5 Å². The van der Waals surface area contributed by atoms with Gasteiger partial charge >= 0.3 is 0 Å². The van der Waals surface area contributed by atoms with Crippen LogP contribution in [0.15, 0.2) is 12.4 Å². The molecule has 0 saturated carbocycles. The molecule has 1 fully saturated rings. The van der Waals surface area contributed by atoms with E-state index >= 15 is 0 Å². The Morgan fingerprint density at radius 2 is 2.47 bits per heavy atom. The number of anilines is 1. The van der Waals surface area contributed by atoms with E-state index < -0.39 is 0 Å². The van der Waals surface area contributed by atoms with Gasteiger partial charge in [0, 0.05) is 6.61 Å². The van der Waals surface area contributed by atoms with Crippen molar-refractivity contribution in [1.82, 2.24) is 15.3 Å². The van der Waals surface area contributed by atoms with E-state index in [0.29, 0.717) is 13.2 Å². The third-order valence-electron chi connectivity index (χ3n) is 2.15. The van der Waals surface area contributed by atoms with E-state index in [2.05, 4.69) is 15.3 Å². The van der Waals surface area contributed by atoms with E-state index in [-0.39, 0.29) is 23.5 Å². The smallest absolute Gasteiger partial charge is 0.271 e. The van der Waals surface area contributed by atoms with Gasteiger partial charge in [-0.3, -0.25) is 9.78 Å². The minimum atomic E-state index is -0.259. The zero-order valence-electron chi connectivity index (χ0n) is 8.14. The highest BCUT2D eigenvalue weighted by Crippen LogP contribution is 2.05. The van der Waals surface area contributed by atoms with Gasteiger partial charge < -0.3 is 15.8 Å². The first-order valence-corrected chi connectivity index (χ1v) is 4.72. The summed E-state index contributed by atoms with van der Waals surface area (Å²) in [5, 5.41) is 2.80. The van der Waals surface area contributed by atoms with Crippen LogP contribution in [0.3, 0.4) is 0 Å². The molecule has 1 aromatic heterocycles. The quantitative estimate of drug-likeness (QED) is 0.688. The maximum absolute atomic E-state index is 11.6. The molecule has 80 valence electrons. The molecule has 1 atom stereocenters. The minimum absolute atomic E-state index is 0.0701. The average molecular weight is 208 g/mol. The predicted molar refractivity (Wildman–Crippen MR) is 53.1 cm³/mol. The number of carbonyl (C=O) groups excluding carboxylic acids is 1. The van der Waals surface area contributed by atoms with Crippen LogP contribution in [-0.4, -0.2) is 35.1 Å². The van der Waals surface area contributed by atoms with Crippen LogP contribution in [0, 0.1) is 0 Å². The maximum Gasteiger partial charge on any atom is 0.271 e. The van der Waals surface area contributed by atoms with Gasteiger partial charge in [-0.2, -0.15) is 0 Å². The summed E-state index contributed by atoms with van der Waals surface area (Å²) >= 11 is 0. The first-order chi connectivity index (χ1) is 7.25. The molecule has 1 unspecified atom stereocenters. The first-order valence-electron chi connectivity index (χ1n) is 4.72. The van der Waals surface area contributed by atoms with Crippen molar-refractivity contribution in [3.05, 3.63) is 18.1 Å². The van der Waals surface area contributed by atoms with Crippen molar-refractivity contribution < 1.29 is 9.53 Å². The second-order valence-corrected chi connectivity index (χ2v) is 3.36. The molecule has 0 aliphatic carbocycles. The Balaban J connectivity index is 2.01. The van der Waals surface area contributed by atoms with Gasteiger partial charge in [-0.05, 0) is 6.42 Å². The number of carbonyl (C=O) groups is 1. The third kappa shape index (κ3) is 2.41. The molecule has 1 amide bonds. The van der Waals surface area contributed by atoms with Crippen molar-refractivity contribution in [3.8, 4) is 0 Å². The highest BCUT2D eigenvalue weighted by Gasteiger charge is 2.19. The Bertz CT molecular complexity index is 363. The van der Waals surface area contributed by atoms with Crippen LogP contribution in [0.4, 0.5) is 5.82 Å². The van der Waals surface area contributed by atoms with Crippen LogP contribution in [0.5, 0.6) is 0 Å². The molecule has 1 aliphatic rings. The summed E-state index contributed by atoms with van der Waals surface area (Å²) in [4.78, 5) is 19.3. The van der Waals surface area contributed by atoms with Gasteiger partial charge in [-0.1, -0.05) is 0 Å². The van der Waals surface area contributed by atoms with E-state index in [1.54, 1.807) is 0 Å². The van der Waals surface area contributed by atoms with Gasteiger partial charge in [-0.25, -0.2) is 4.98 Å². The molecule has 1 aliphatic heterocycles. The van der Waals surface area contributed by atoms with Crippen molar-refractivity contribution >= 4 is 11.7 Å². The first kappa shape index (κ1) is 9.85. The summed E-state index contributed by atoms with van der Waals surface area (Å²) in [6.45, 7) is 1.25. The largest absolute Gasteiger partial charge is 0.382 e. The lowest BCUT2D eigenvalue weighted by molar-refractivity contribution is 0.0924. The number of nitrogen functional groups attached to an aromatic ring is 1. The molecule has 6 heteroatoms.